The average Bonchev–Trinajstić information content (AvgIpc) is 2.63. The van der Waals surface area contributed by atoms with Gasteiger partial charge < -0.3 is 10.3 Å². The number of nitro groups is 1. The Labute approximate surface area is 90.8 Å². The number of nitro benzene ring substituents is 1. The summed E-state index contributed by atoms with van der Waals surface area (Å²) in [6, 6.07) is 6.47. The van der Waals surface area contributed by atoms with Gasteiger partial charge in [-0.25, -0.2) is 0 Å². The quantitative estimate of drug-likeness (QED) is 0.616. The number of hydrogen-bond acceptors (Lipinski definition) is 5. The van der Waals surface area contributed by atoms with Gasteiger partial charge in [0.1, 0.15) is 5.69 Å². The molecule has 0 saturated heterocycles. The van der Waals surface area contributed by atoms with Gasteiger partial charge >= 0.3 is 0 Å². The van der Waals surface area contributed by atoms with Crippen molar-refractivity contribution in [1.82, 2.24) is 5.16 Å². The van der Waals surface area contributed by atoms with Crippen molar-refractivity contribution in [2.75, 3.05) is 5.73 Å². The van der Waals surface area contributed by atoms with E-state index < -0.39 is 4.92 Å². The molecule has 0 aliphatic rings. The summed E-state index contributed by atoms with van der Waals surface area (Å²) in [6.07, 6.45) is 0. The first-order chi connectivity index (χ1) is 7.59. The molecule has 0 aliphatic carbocycles. The SMILES string of the molecule is Cc1cccc(-c2cc(N)on2)c1[N+](=O)[O-]. The largest absolute Gasteiger partial charge is 0.368 e. The van der Waals surface area contributed by atoms with E-state index in [0.29, 0.717) is 16.8 Å². The first-order valence-corrected chi connectivity index (χ1v) is 4.56. The third-order valence-corrected chi connectivity index (χ3v) is 2.22. The monoisotopic (exact) mass is 219 g/mol. The molecule has 0 aliphatic heterocycles. The van der Waals surface area contributed by atoms with Crippen molar-refractivity contribution in [2.24, 2.45) is 0 Å². The topological polar surface area (TPSA) is 95.2 Å². The molecule has 0 saturated carbocycles. The summed E-state index contributed by atoms with van der Waals surface area (Å²) >= 11 is 0. The van der Waals surface area contributed by atoms with Gasteiger partial charge in [0, 0.05) is 11.6 Å². The van der Waals surface area contributed by atoms with Crippen molar-refractivity contribution in [3.05, 3.63) is 39.9 Å². The molecule has 0 atom stereocenters. The predicted octanol–water partition coefficient (Wildman–Crippen LogP) is 2.14. The second-order valence-corrected chi connectivity index (χ2v) is 3.34. The van der Waals surface area contributed by atoms with Crippen molar-refractivity contribution in [3.8, 4) is 11.3 Å². The summed E-state index contributed by atoms with van der Waals surface area (Å²) in [4.78, 5) is 10.5. The first kappa shape index (κ1) is 10.2. The molecule has 0 bridgehead atoms. The van der Waals surface area contributed by atoms with Crippen LogP contribution < -0.4 is 5.73 Å². The molecule has 82 valence electrons. The fourth-order valence-electron chi connectivity index (χ4n) is 1.52. The van der Waals surface area contributed by atoms with Crippen LogP contribution in [0.5, 0.6) is 0 Å². The molecule has 0 unspecified atom stereocenters. The van der Waals surface area contributed by atoms with Crippen molar-refractivity contribution in [2.45, 2.75) is 6.92 Å². The number of hydrogen-bond donors (Lipinski definition) is 1. The van der Waals surface area contributed by atoms with Crippen LogP contribution in [0.25, 0.3) is 11.3 Å². The van der Waals surface area contributed by atoms with Crippen LogP contribution in [0.15, 0.2) is 28.8 Å². The van der Waals surface area contributed by atoms with E-state index in [1.54, 1.807) is 25.1 Å². The fourth-order valence-corrected chi connectivity index (χ4v) is 1.52. The van der Waals surface area contributed by atoms with E-state index >= 15 is 0 Å². The van der Waals surface area contributed by atoms with Crippen LogP contribution in [0.4, 0.5) is 11.6 Å². The molecule has 2 aromatic rings. The maximum atomic E-state index is 10.9. The lowest BCUT2D eigenvalue weighted by Gasteiger charge is -2.01. The highest BCUT2D eigenvalue weighted by Gasteiger charge is 2.20. The normalized spacial score (nSPS) is 10.3. The van der Waals surface area contributed by atoms with Gasteiger partial charge in [-0.2, -0.15) is 0 Å². The molecule has 0 amide bonds. The number of anilines is 1. The average molecular weight is 219 g/mol. The molecular formula is C10H9N3O3. The summed E-state index contributed by atoms with van der Waals surface area (Å²) in [5, 5.41) is 14.6. The molecule has 1 heterocycles. The molecule has 1 aromatic heterocycles. The maximum absolute atomic E-state index is 10.9. The van der Waals surface area contributed by atoms with Gasteiger partial charge in [0.2, 0.25) is 5.88 Å². The van der Waals surface area contributed by atoms with Gasteiger partial charge in [-0.05, 0) is 13.0 Å². The molecule has 0 radical (unpaired) electrons. The summed E-state index contributed by atoms with van der Waals surface area (Å²) < 4.78 is 4.70. The molecule has 1 aromatic carbocycles. The number of aromatic nitrogens is 1. The Hall–Kier alpha value is -2.37. The highest BCUT2D eigenvalue weighted by molar-refractivity contribution is 5.73. The van der Waals surface area contributed by atoms with Crippen molar-refractivity contribution < 1.29 is 9.45 Å². The summed E-state index contributed by atoms with van der Waals surface area (Å²) in [5.41, 5.74) is 6.75. The summed E-state index contributed by atoms with van der Waals surface area (Å²) in [7, 11) is 0. The summed E-state index contributed by atoms with van der Waals surface area (Å²) in [5.74, 6) is 0.130. The molecular weight excluding hydrogens is 210 g/mol. The molecule has 6 heteroatoms. The van der Waals surface area contributed by atoms with E-state index in [2.05, 4.69) is 5.16 Å². The van der Waals surface area contributed by atoms with Gasteiger partial charge in [-0.15, -0.1) is 0 Å². The lowest BCUT2D eigenvalue weighted by Crippen LogP contribution is -1.95. The van der Waals surface area contributed by atoms with E-state index in [1.165, 1.54) is 6.07 Å². The smallest absolute Gasteiger partial charge is 0.281 e. The number of nitrogens with two attached hydrogens (primary N) is 1. The van der Waals surface area contributed by atoms with Crippen LogP contribution in [0.2, 0.25) is 0 Å². The van der Waals surface area contributed by atoms with Crippen molar-refractivity contribution in [3.63, 3.8) is 0 Å². The Balaban J connectivity index is 2.65. The number of nitrogen functional groups attached to an aromatic ring is 1. The van der Waals surface area contributed by atoms with Gasteiger partial charge in [0.15, 0.2) is 0 Å². The highest BCUT2D eigenvalue weighted by Crippen LogP contribution is 2.32. The third-order valence-electron chi connectivity index (χ3n) is 2.22. The van der Waals surface area contributed by atoms with E-state index in [1.807, 2.05) is 0 Å². The molecule has 2 rings (SSSR count). The number of benzene rings is 1. The van der Waals surface area contributed by atoms with Gasteiger partial charge in [-0.1, -0.05) is 17.3 Å². The van der Waals surface area contributed by atoms with Crippen LogP contribution >= 0.6 is 0 Å². The zero-order chi connectivity index (χ0) is 11.7. The lowest BCUT2D eigenvalue weighted by atomic mass is 10.1. The van der Waals surface area contributed by atoms with Crippen molar-refractivity contribution in [1.29, 1.82) is 0 Å². The number of nitrogens with zero attached hydrogens (tertiary/aromatic N) is 2. The fraction of sp³-hybridized carbons (Fsp3) is 0.100. The second-order valence-electron chi connectivity index (χ2n) is 3.34. The Morgan fingerprint density at radius 1 is 1.50 bits per heavy atom. The molecule has 6 nitrogen and oxygen atoms in total. The minimum atomic E-state index is -0.435. The highest BCUT2D eigenvalue weighted by atomic mass is 16.6. The van der Waals surface area contributed by atoms with E-state index in [4.69, 9.17) is 10.3 Å². The Kier molecular flexibility index (Phi) is 2.32. The van der Waals surface area contributed by atoms with Crippen LogP contribution in [0, 0.1) is 17.0 Å². The van der Waals surface area contributed by atoms with E-state index in [-0.39, 0.29) is 11.6 Å². The maximum Gasteiger partial charge on any atom is 0.281 e. The van der Waals surface area contributed by atoms with Crippen LogP contribution in [-0.4, -0.2) is 10.1 Å². The van der Waals surface area contributed by atoms with Crippen LogP contribution in [0.1, 0.15) is 5.56 Å². The zero-order valence-corrected chi connectivity index (χ0v) is 8.51. The number of rotatable bonds is 2. The lowest BCUT2D eigenvalue weighted by molar-refractivity contribution is -0.384. The Morgan fingerprint density at radius 2 is 2.25 bits per heavy atom. The minimum Gasteiger partial charge on any atom is -0.368 e. The minimum absolute atomic E-state index is 0.0239. The predicted molar refractivity (Wildman–Crippen MR) is 57.7 cm³/mol. The van der Waals surface area contributed by atoms with Gasteiger partial charge in [0.25, 0.3) is 5.69 Å². The molecule has 2 N–H and O–H groups in total. The summed E-state index contributed by atoms with van der Waals surface area (Å²) in [6.45, 7) is 1.67. The van der Waals surface area contributed by atoms with E-state index in [0.717, 1.165) is 0 Å². The molecule has 0 spiro atoms. The Morgan fingerprint density at radius 3 is 2.81 bits per heavy atom. The number of aryl methyl sites for hydroxylation is 1. The third kappa shape index (κ3) is 1.60. The van der Waals surface area contributed by atoms with E-state index in [9.17, 15) is 10.1 Å². The van der Waals surface area contributed by atoms with Gasteiger partial charge in [-0.3, -0.25) is 10.1 Å². The molecule has 0 fully saturated rings. The van der Waals surface area contributed by atoms with Gasteiger partial charge in [0.05, 0.1) is 10.5 Å². The zero-order valence-electron chi connectivity index (χ0n) is 8.51. The Bertz CT molecular complexity index is 548. The number of para-hydroxylation sites is 1. The van der Waals surface area contributed by atoms with Crippen LogP contribution in [0.3, 0.4) is 0 Å². The molecule has 16 heavy (non-hydrogen) atoms. The van der Waals surface area contributed by atoms with Crippen molar-refractivity contribution >= 4 is 11.6 Å². The first-order valence-electron chi connectivity index (χ1n) is 4.56. The standard InChI is InChI=1S/C10H9N3O3/c1-6-3-2-4-7(10(6)13(14)15)8-5-9(11)16-12-8/h2-5H,11H2,1H3. The second kappa shape index (κ2) is 3.65. The van der Waals surface area contributed by atoms with Crippen LogP contribution in [-0.2, 0) is 0 Å².